The van der Waals surface area contributed by atoms with E-state index in [-0.39, 0.29) is 30.8 Å². The van der Waals surface area contributed by atoms with Crippen LogP contribution in [0.25, 0.3) is 22.3 Å². The highest BCUT2D eigenvalue weighted by Gasteiger charge is 2.16. The topological polar surface area (TPSA) is 85.7 Å². The lowest BCUT2D eigenvalue weighted by molar-refractivity contribution is -0.139. The van der Waals surface area contributed by atoms with Crippen molar-refractivity contribution in [3.8, 4) is 33.8 Å². The molecule has 0 saturated heterocycles. The van der Waals surface area contributed by atoms with Crippen molar-refractivity contribution in [1.82, 2.24) is 0 Å². The Hall–Kier alpha value is -5.11. The van der Waals surface area contributed by atoms with Crippen LogP contribution >= 0.6 is 0 Å². The lowest BCUT2D eigenvalue weighted by Gasteiger charge is -2.12. The molecule has 0 spiro atoms. The Morgan fingerprint density at radius 3 is 2.22 bits per heavy atom. The molecule has 0 bridgehead atoms. The number of hydrogen-bond acceptors (Lipinski definition) is 6. The summed E-state index contributed by atoms with van der Waals surface area (Å²) in [6.45, 7) is 7.77. The minimum atomic E-state index is -0.666. The van der Waals surface area contributed by atoms with Gasteiger partial charge in [-0.1, -0.05) is 74.5 Å². The number of benzene rings is 4. The van der Waals surface area contributed by atoms with Gasteiger partial charge in [0.15, 0.2) is 11.6 Å². The summed E-state index contributed by atoms with van der Waals surface area (Å²) in [6.07, 6.45) is 3.43. The van der Waals surface area contributed by atoms with E-state index in [1.807, 2.05) is 24.3 Å². The second kappa shape index (κ2) is 16.3. The molecule has 0 amide bonds. The number of halogens is 2. The average molecular weight is 626 g/mol. The minimum absolute atomic E-state index is 0.0652. The second-order valence-electron chi connectivity index (χ2n) is 10.9. The SMILES string of the molecule is C=C(C)C(=O)OCCCOc1ccc(-c2ccc(CCC(=O)Oc3ccc(-c4ccc(CCC)cc4)cc3F)c(C=N)c2F)cc1. The van der Waals surface area contributed by atoms with E-state index in [4.69, 9.17) is 19.6 Å². The van der Waals surface area contributed by atoms with E-state index < -0.39 is 23.6 Å². The summed E-state index contributed by atoms with van der Waals surface area (Å²) in [5, 5.41) is 7.81. The van der Waals surface area contributed by atoms with Crippen LogP contribution in [0.1, 0.15) is 49.8 Å². The van der Waals surface area contributed by atoms with E-state index in [0.717, 1.165) is 24.6 Å². The third kappa shape index (κ3) is 8.97. The zero-order valence-electron chi connectivity index (χ0n) is 26.0. The number of nitrogens with one attached hydrogen (secondary N) is 1. The zero-order valence-corrected chi connectivity index (χ0v) is 26.0. The van der Waals surface area contributed by atoms with Crippen molar-refractivity contribution in [2.24, 2.45) is 0 Å². The Balaban J connectivity index is 1.33. The lowest BCUT2D eigenvalue weighted by Crippen LogP contribution is -2.11. The van der Waals surface area contributed by atoms with Crippen molar-refractivity contribution >= 4 is 18.2 Å². The molecule has 0 saturated carbocycles. The zero-order chi connectivity index (χ0) is 33.1. The van der Waals surface area contributed by atoms with E-state index in [1.165, 1.54) is 17.7 Å². The van der Waals surface area contributed by atoms with Gasteiger partial charge in [0.25, 0.3) is 0 Å². The van der Waals surface area contributed by atoms with Crippen molar-refractivity contribution < 1.29 is 32.6 Å². The van der Waals surface area contributed by atoms with Crippen LogP contribution < -0.4 is 9.47 Å². The Morgan fingerprint density at radius 1 is 0.870 bits per heavy atom. The predicted molar refractivity (Wildman–Crippen MR) is 175 cm³/mol. The van der Waals surface area contributed by atoms with Crippen LogP contribution in [0.4, 0.5) is 8.78 Å². The van der Waals surface area contributed by atoms with Gasteiger partial charge in [0.2, 0.25) is 0 Å². The molecule has 8 heteroatoms. The van der Waals surface area contributed by atoms with Gasteiger partial charge >= 0.3 is 11.9 Å². The number of aryl methyl sites for hydroxylation is 2. The van der Waals surface area contributed by atoms with E-state index >= 15 is 4.39 Å². The molecule has 4 aromatic rings. The molecule has 0 aliphatic rings. The summed E-state index contributed by atoms with van der Waals surface area (Å²) in [7, 11) is 0. The maximum atomic E-state index is 15.5. The Kier molecular flexibility index (Phi) is 11.9. The van der Waals surface area contributed by atoms with Crippen molar-refractivity contribution in [2.75, 3.05) is 13.2 Å². The molecule has 238 valence electrons. The summed E-state index contributed by atoms with van der Waals surface area (Å²) in [6, 6.07) is 22.5. The normalized spacial score (nSPS) is 10.7. The molecular formula is C38H37F2NO5. The third-order valence-electron chi connectivity index (χ3n) is 7.30. The second-order valence-corrected chi connectivity index (χ2v) is 10.9. The van der Waals surface area contributed by atoms with E-state index in [0.29, 0.717) is 46.6 Å². The van der Waals surface area contributed by atoms with E-state index in [9.17, 15) is 14.0 Å². The summed E-state index contributed by atoms with van der Waals surface area (Å²) >= 11 is 0. The Bertz CT molecular complexity index is 1700. The summed E-state index contributed by atoms with van der Waals surface area (Å²) in [5.74, 6) is -1.95. The van der Waals surface area contributed by atoms with E-state index in [2.05, 4.69) is 13.5 Å². The molecular weight excluding hydrogens is 588 g/mol. The molecule has 4 rings (SSSR count). The standard InChI is InChI=1S/C38H37F2NO5/c1-4-6-26-7-9-27(10-8-26)30-14-19-35(34(39)23-30)46-36(42)20-15-29-13-18-32(37(40)33(29)24-41)28-11-16-31(17-12-28)44-21-5-22-45-38(43)25(2)3/h7-14,16-19,23-24,41H,2,4-6,15,20-22H2,1,3H3. The molecule has 0 atom stereocenters. The van der Waals surface area contributed by atoms with Crippen LogP contribution in [-0.4, -0.2) is 31.4 Å². The van der Waals surface area contributed by atoms with Crippen LogP contribution in [0, 0.1) is 17.0 Å². The van der Waals surface area contributed by atoms with Crippen LogP contribution in [0.2, 0.25) is 0 Å². The van der Waals surface area contributed by atoms with Gasteiger partial charge in [0.05, 0.1) is 19.6 Å². The van der Waals surface area contributed by atoms with Crippen LogP contribution in [0.5, 0.6) is 11.5 Å². The molecule has 0 heterocycles. The quantitative estimate of drug-likeness (QED) is 0.0470. The van der Waals surface area contributed by atoms with Gasteiger partial charge in [0.1, 0.15) is 11.6 Å². The number of hydrogen-bond donors (Lipinski definition) is 1. The summed E-state index contributed by atoms with van der Waals surface area (Å²) in [5.41, 5.74) is 4.50. The molecule has 46 heavy (non-hydrogen) atoms. The van der Waals surface area contributed by atoms with Crippen LogP contribution in [0.15, 0.2) is 91.0 Å². The Morgan fingerprint density at radius 2 is 1.57 bits per heavy atom. The first kappa shape index (κ1) is 33.8. The van der Waals surface area contributed by atoms with Gasteiger partial charge in [-0.3, -0.25) is 4.79 Å². The predicted octanol–water partition coefficient (Wildman–Crippen LogP) is 8.68. The highest BCUT2D eigenvalue weighted by Crippen LogP contribution is 2.30. The van der Waals surface area contributed by atoms with Gasteiger partial charge in [0, 0.05) is 29.3 Å². The number of rotatable bonds is 15. The Labute approximate surface area is 268 Å². The summed E-state index contributed by atoms with van der Waals surface area (Å²) in [4.78, 5) is 24.0. The smallest absolute Gasteiger partial charge is 0.333 e. The maximum Gasteiger partial charge on any atom is 0.333 e. The first-order valence-electron chi connectivity index (χ1n) is 15.2. The lowest BCUT2D eigenvalue weighted by atomic mass is 9.96. The highest BCUT2D eigenvalue weighted by molar-refractivity contribution is 5.87. The number of ether oxygens (including phenoxy) is 3. The number of carbonyl (C=O) groups excluding carboxylic acids is 2. The monoisotopic (exact) mass is 625 g/mol. The molecule has 0 aromatic heterocycles. The van der Waals surface area contributed by atoms with Gasteiger partial charge < -0.3 is 19.6 Å². The molecule has 0 aliphatic carbocycles. The minimum Gasteiger partial charge on any atom is -0.493 e. The van der Waals surface area contributed by atoms with Gasteiger partial charge in [-0.2, -0.15) is 0 Å². The van der Waals surface area contributed by atoms with Crippen LogP contribution in [0.3, 0.4) is 0 Å². The largest absolute Gasteiger partial charge is 0.493 e. The maximum absolute atomic E-state index is 15.5. The summed E-state index contributed by atoms with van der Waals surface area (Å²) < 4.78 is 46.3. The average Bonchev–Trinajstić information content (AvgIpc) is 3.05. The molecule has 0 radical (unpaired) electrons. The van der Waals surface area contributed by atoms with Crippen molar-refractivity contribution in [3.63, 3.8) is 0 Å². The van der Waals surface area contributed by atoms with Crippen LogP contribution in [-0.2, 0) is 27.2 Å². The van der Waals surface area contributed by atoms with Gasteiger partial charge in [-0.15, -0.1) is 0 Å². The molecule has 6 nitrogen and oxygen atoms in total. The molecule has 0 aliphatic heterocycles. The fraction of sp³-hybridized carbons (Fsp3) is 0.237. The molecule has 4 aromatic carbocycles. The molecule has 0 fully saturated rings. The van der Waals surface area contributed by atoms with Gasteiger partial charge in [-0.05, 0) is 71.8 Å². The third-order valence-corrected chi connectivity index (χ3v) is 7.30. The van der Waals surface area contributed by atoms with Crippen molar-refractivity contribution in [3.05, 3.63) is 119 Å². The fourth-order valence-electron chi connectivity index (χ4n) is 4.82. The fourth-order valence-corrected chi connectivity index (χ4v) is 4.82. The van der Waals surface area contributed by atoms with Crippen molar-refractivity contribution in [2.45, 2.75) is 46.0 Å². The van der Waals surface area contributed by atoms with Crippen molar-refractivity contribution in [1.29, 1.82) is 5.41 Å². The van der Waals surface area contributed by atoms with Gasteiger partial charge in [-0.25, -0.2) is 13.6 Å². The highest BCUT2D eigenvalue weighted by atomic mass is 19.1. The number of carbonyl (C=O) groups is 2. The molecule has 0 unspecified atom stereocenters. The first-order valence-corrected chi connectivity index (χ1v) is 15.2. The number of esters is 2. The molecule has 1 N–H and O–H groups in total. The van der Waals surface area contributed by atoms with E-state index in [1.54, 1.807) is 49.4 Å². The first-order chi connectivity index (χ1) is 22.2.